The number of aryl methyl sites for hydroxylation is 1. The second kappa shape index (κ2) is 5.10. The van der Waals surface area contributed by atoms with E-state index in [0.717, 1.165) is 22.5 Å². The molecule has 0 spiro atoms. The fourth-order valence-electron chi connectivity index (χ4n) is 2.10. The van der Waals surface area contributed by atoms with Gasteiger partial charge < -0.3 is 0 Å². The topological polar surface area (TPSA) is 17.8 Å². The SMILES string of the molecule is Cc1nn(-c2ccc(F)cc2)cc1-c1ccc(Cl)cc1. The number of hydrogen-bond donors (Lipinski definition) is 0. The van der Waals surface area contributed by atoms with Crippen LogP contribution in [0.25, 0.3) is 16.8 Å². The fourth-order valence-corrected chi connectivity index (χ4v) is 2.22. The van der Waals surface area contributed by atoms with Crippen molar-refractivity contribution in [1.29, 1.82) is 0 Å². The second-order valence-corrected chi connectivity index (χ2v) is 4.99. The molecule has 3 rings (SSSR count). The van der Waals surface area contributed by atoms with Crippen LogP contribution in [-0.2, 0) is 0 Å². The lowest BCUT2D eigenvalue weighted by Crippen LogP contribution is -1.94. The molecule has 2 nitrogen and oxygen atoms in total. The highest BCUT2D eigenvalue weighted by Gasteiger charge is 2.08. The van der Waals surface area contributed by atoms with Crippen LogP contribution < -0.4 is 0 Å². The molecule has 2 aromatic carbocycles. The largest absolute Gasteiger partial charge is 0.240 e. The van der Waals surface area contributed by atoms with E-state index in [1.807, 2.05) is 37.4 Å². The minimum Gasteiger partial charge on any atom is -0.240 e. The quantitative estimate of drug-likeness (QED) is 0.671. The minimum absolute atomic E-state index is 0.254. The normalized spacial score (nSPS) is 10.8. The average Bonchev–Trinajstić information content (AvgIpc) is 2.82. The average molecular weight is 287 g/mol. The van der Waals surface area contributed by atoms with Crippen LogP contribution in [0, 0.1) is 12.7 Å². The van der Waals surface area contributed by atoms with E-state index in [1.54, 1.807) is 16.8 Å². The Kier molecular flexibility index (Phi) is 3.28. The van der Waals surface area contributed by atoms with Crippen molar-refractivity contribution in [3.05, 3.63) is 71.3 Å². The third kappa shape index (κ3) is 2.45. The fraction of sp³-hybridized carbons (Fsp3) is 0.0625. The van der Waals surface area contributed by atoms with E-state index in [0.29, 0.717) is 5.02 Å². The molecule has 100 valence electrons. The molecular weight excluding hydrogens is 275 g/mol. The van der Waals surface area contributed by atoms with Gasteiger partial charge in [0.05, 0.1) is 11.4 Å². The highest BCUT2D eigenvalue weighted by atomic mass is 35.5. The van der Waals surface area contributed by atoms with Gasteiger partial charge in [-0.15, -0.1) is 0 Å². The molecule has 0 N–H and O–H groups in total. The molecular formula is C16H12ClFN2. The van der Waals surface area contributed by atoms with E-state index < -0.39 is 0 Å². The Morgan fingerprint density at radius 2 is 1.65 bits per heavy atom. The summed E-state index contributed by atoms with van der Waals surface area (Å²) in [4.78, 5) is 0. The highest BCUT2D eigenvalue weighted by molar-refractivity contribution is 6.30. The second-order valence-electron chi connectivity index (χ2n) is 4.56. The molecule has 0 aliphatic rings. The van der Waals surface area contributed by atoms with Crippen molar-refractivity contribution < 1.29 is 4.39 Å². The zero-order valence-corrected chi connectivity index (χ0v) is 11.6. The summed E-state index contributed by atoms with van der Waals surface area (Å²) in [7, 11) is 0. The lowest BCUT2D eigenvalue weighted by molar-refractivity contribution is 0.627. The van der Waals surface area contributed by atoms with Gasteiger partial charge in [-0.2, -0.15) is 5.10 Å². The minimum atomic E-state index is -0.254. The number of nitrogens with zero attached hydrogens (tertiary/aromatic N) is 2. The van der Waals surface area contributed by atoms with Crippen LogP contribution in [0.2, 0.25) is 5.02 Å². The first-order valence-electron chi connectivity index (χ1n) is 6.21. The van der Waals surface area contributed by atoms with Gasteiger partial charge >= 0.3 is 0 Å². The Hall–Kier alpha value is -2.13. The van der Waals surface area contributed by atoms with E-state index in [4.69, 9.17) is 11.6 Å². The van der Waals surface area contributed by atoms with Gasteiger partial charge in [-0.05, 0) is 48.9 Å². The standard InChI is InChI=1S/C16H12ClFN2/c1-11-16(12-2-4-13(17)5-3-12)10-20(19-11)15-8-6-14(18)7-9-15/h2-10H,1H3. The zero-order chi connectivity index (χ0) is 14.1. The predicted octanol–water partition coefficient (Wildman–Crippen LogP) is 4.64. The lowest BCUT2D eigenvalue weighted by atomic mass is 10.1. The first-order chi connectivity index (χ1) is 9.63. The Labute approximate surface area is 121 Å². The van der Waals surface area contributed by atoms with Gasteiger partial charge in [0.2, 0.25) is 0 Å². The van der Waals surface area contributed by atoms with Crippen LogP contribution in [0.4, 0.5) is 4.39 Å². The molecule has 1 heterocycles. The summed E-state index contributed by atoms with van der Waals surface area (Å²) in [5.41, 5.74) is 3.83. The monoisotopic (exact) mass is 286 g/mol. The molecule has 0 saturated heterocycles. The molecule has 0 bridgehead atoms. The van der Waals surface area contributed by atoms with Crippen LogP contribution in [0.15, 0.2) is 54.7 Å². The molecule has 20 heavy (non-hydrogen) atoms. The van der Waals surface area contributed by atoms with E-state index in [1.165, 1.54) is 12.1 Å². The Bertz CT molecular complexity index is 730. The first-order valence-corrected chi connectivity index (χ1v) is 6.59. The number of hydrogen-bond acceptors (Lipinski definition) is 1. The number of halogens is 2. The maximum absolute atomic E-state index is 12.9. The lowest BCUT2D eigenvalue weighted by Gasteiger charge is -2.00. The van der Waals surface area contributed by atoms with Gasteiger partial charge in [0.15, 0.2) is 0 Å². The summed E-state index contributed by atoms with van der Waals surface area (Å²) in [6.07, 6.45) is 1.94. The molecule has 0 amide bonds. The summed E-state index contributed by atoms with van der Waals surface area (Å²) < 4.78 is 14.7. The third-order valence-corrected chi connectivity index (χ3v) is 3.40. The third-order valence-electron chi connectivity index (χ3n) is 3.15. The first kappa shape index (κ1) is 12.9. The molecule has 1 aromatic heterocycles. The van der Waals surface area contributed by atoms with Gasteiger partial charge in [0, 0.05) is 16.8 Å². The van der Waals surface area contributed by atoms with Crippen molar-refractivity contribution in [3.63, 3.8) is 0 Å². The van der Waals surface area contributed by atoms with Crippen molar-refractivity contribution in [2.75, 3.05) is 0 Å². The number of rotatable bonds is 2. The molecule has 0 unspecified atom stereocenters. The smallest absolute Gasteiger partial charge is 0.123 e. The van der Waals surface area contributed by atoms with Gasteiger partial charge in [-0.1, -0.05) is 23.7 Å². The van der Waals surface area contributed by atoms with Gasteiger partial charge in [-0.3, -0.25) is 0 Å². The molecule has 3 aromatic rings. The highest BCUT2D eigenvalue weighted by Crippen LogP contribution is 2.25. The molecule has 0 aliphatic carbocycles. The molecule has 4 heteroatoms. The van der Waals surface area contributed by atoms with Gasteiger partial charge in [-0.25, -0.2) is 9.07 Å². The van der Waals surface area contributed by atoms with Crippen LogP contribution in [0.5, 0.6) is 0 Å². The van der Waals surface area contributed by atoms with E-state index in [-0.39, 0.29) is 5.82 Å². The van der Waals surface area contributed by atoms with Crippen LogP contribution in [0.1, 0.15) is 5.69 Å². The summed E-state index contributed by atoms with van der Waals surface area (Å²) in [5, 5.41) is 5.18. The van der Waals surface area contributed by atoms with E-state index in [9.17, 15) is 4.39 Å². The summed E-state index contributed by atoms with van der Waals surface area (Å²) in [5.74, 6) is -0.254. The molecule has 0 aliphatic heterocycles. The Morgan fingerprint density at radius 1 is 1.00 bits per heavy atom. The van der Waals surface area contributed by atoms with Crippen LogP contribution in [-0.4, -0.2) is 9.78 Å². The van der Waals surface area contributed by atoms with E-state index >= 15 is 0 Å². The summed E-state index contributed by atoms with van der Waals surface area (Å²) >= 11 is 5.90. The summed E-state index contributed by atoms with van der Waals surface area (Å²) in [6.45, 7) is 1.95. The Balaban J connectivity index is 2.02. The van der Waals surface area contributed by atoms with Crippen LogP contribution in [0.3, 0.4) is 0 Å². The van der Waals surface area contributed by atoms with Crippen molar-refractivity contribution in [2.24, 2.45) is 0 Å². The maximum atomic E-state index is 12.9. The van der Waals surface area contributed by atoms with Gasteiger partial charge in [0.1, 0.15) is 5.82 Å². The van der Waals surface area contributed by atoms with Crippen LogP contribution >= 0.6 is 11.6 Å². The zero-order valence-electron chi connectivity index (χ0n) is 10.8. The number of aromatic nitrogens is 2. The molecule has 0 radical (unpaired) electrons. The number of benzene rings is 2. The van der Waals surface area contributed by atoms with Crippen molar-refractivity contribution >= 4 is 11.6 Å². The Morgan fingerprint density at radius 3 is 2.30 bits per heavy atom. The van der Waals surface area contributed by atoms with Crippen molar-refractivity contribution in [1.82, 2.24) is 9.78 Å². The van der Waals surface area contributed by atoms with Crippen molar-refractivity contribution in [3.8, 4) is 16.8 Å². The van der Waals surface area contributed by atoms with Gasteiger partial charge in [0.25, 0.3) is 0 Å². The predicted molar refractivity (Wildman–Crippen MR) is 78.7 cm³/mol. The van der Waals surface area contributed by atoms with Crippen molar-refractivity contribution in [2.45, 2.75) is 6.92 Å². The molecule has 0 saturated carbocycles. The maximum Gasteiger partial charge on any atom is 0.123 e. The summed E-state index contributed by atoms with van der Waals surface area (Å²) in [6, 6.07) is 13.9. The van der Waals surface area contributed by atoms with E-state index in [2.05, 4.69) is 5.10 Å². The molecule has 0 fully saturated rings. The molecule has 0 atom stereocenters.